The van der Waals surface area contributed by atoms with Crippen LogP contribution in [0.3, 0.4) is 0 Å². The Morgan fingerprint density at radius 3 is 2.27 bits per heavy atom. The van der Waals surface area contributed by atoms with E-state index in [9.17, 15) is 32.3 Å². The average molecular weight is 376 g/mol. The number of hydrogen-bond acceptors (Lipinski definition) is 6. The molecule has 11 heteroatoms. The van der Waals surface area contributed by atoms with Crippen LogP contribution in [0.15, 0.2) is 30.3 Å². The Morgan fingerprint density at radius 2 is 1.73 bits per heavy atom. The van der Waals surface area contributed by atoms with Gasteiger partial charge in [-0.3, -0.25) is 9.59 Å². The maximum Gasteiger partial charge on any atom is 0.491 e. The van der Waals surface area contributed by atoms with Crippen molar-refractivity contribution in [1.82, 2.24) is 5.32 Å². The van der Waals surface area contributed by atoms with E-state index in [0.29, 0.717) is 5.56 Å². The van der Waals surface area contributed by atoms with Crippen molar-refractivity contribution in [2.24, 2.45) is 5.73 Å². The first-order chi connectivity index (χ1) is 12.1. The number of esters is 2. The lowest BCUT2D eigenvalue weighted by molar-refractivity contribution is -0.201. The highest BCUT2D eigenvalue weighted by Crippen LogP contribution is 2.17. The van der Waals surface area contributed by atoms with Crippen LogP contribution in [0, 0.1) is 0 Å². The third kappa shape index (κ3) is 7.64. The highest BCUT2D eigenvalue weighted by Gasteiger charge is 2.42. The van der Waals surface area contributed by atoms with Crippen molar-refractivity contribution in [1.29, 1.82) is 0 Å². The van der Waals surface area contributed by atoms with Crippen LogP contribution in [0.4, 0.5) is 18.0 Å². The van der Waals surface area contributed by atoms with E-state index in [1.165, 1.54) is 0 Å². The topological polar surface area (TPSA) is 125 Å². The lowest BCUT2D eigenvalue weighted by Gasteiger charge is -2.15. The first-order valence-electron chi connectivity index (χ1n) is 7.18. The smallest absolute Gasteiger partial charge is 0.445 e. The predicted octanol–water partition coefficient (Wildman–Crippen LogP) is 1.18. The zero-order valence-corrected chi connectivity index (χ0v) is 13.2. The number of alkyl carbamates (subject to hydrolysis) is 1. The number of halogens is 3. The Labute approximate surface area is 145 Å². The molecule has 26 heavy (non-hydrogen) atoms. The molecule has 1 rings (SSSR count). The van der Waals surface area contributed by atoms with Crippen molar-refractivity contribution in [3.05, 3.63) is 35.9 Å². The maximum atomic E-state index is 12.0. The summed E-state index contributed by atoms with van der Waals surface area (Å²) >= 11 is 0. The molecule has 0 saturated heterocycles. The monoisotopic (exact) mass is 376 g/mol. The Bertz CT molecular complexity index is 663. The maximum absolute atomic E-state index is 12.0. The predicted molar refractivity (Wildman–Crippen MR) is 79.1 cm³/mol. The van der Waals surface area contributed by atoms with Gasteiger partial charge in [0.05, 0.1) is 0 Å². The largest absolute Gasteiger partial charge is 0.491 e. The summed E-state index contributed by atoms with van der Waals surface area (Å²) in [5.41, 5.74) is 5.71. The number of alkyl halides is 3. The van der Waals surface area contributed by atoms with Crippen LogP contribution >= 0.6 is 0 Å². The third-order valence-corrected chi connectivity index (χ3v) is 2.92. The van der Waals surface area contributed by atoms with Crippen LogP contribution in [0.2, 0.25) is 0 Å². The molecule has 0 aliphatic heterocycles. The third-order valence-electron chi connectivity index (χ3n) is 2.92. The van der Waals surface area contributed by atoms with Crippen molar-refractivity contribution in [2.45, 2.75) is 31.7 Å². The lowest BCUT2D eigenvalue weighted by atomic mass is 10.1. The minimum Gasteiger partial charge on any atom is -0.445 e. The van der Waals surface area contributed by atoms with Crippen LogP contribution in [0.1, 0.15) is 18.4 Å². The number of hydrogen-bond donors (Lipinski definition) is 2. The number of ether oxygens (including phenoxy) is 2. The standard InChI is InChI=1S/C15H15F3N2O6/c16-15(17,18)13(23)26-11(21)7-6-10(12(19)22)20-14(24)25-8-9-4-2-1-3-5-9/h1-5,10H,6-8H2,(H2,19,22)(H,20,24). The lowest BCUT2D eigenvalue weighted by Crippen LogP contribution is -2.45. The summed E-state index contributed by atoms with van der Waals surface area (Å²) in [5, 5.41) is 2.08. The second-order valence-corrected chi connectivity index (χ2v) is 4.96. The average Bonchev–Trinajstić information content (AvgIpc) is 2.56. The summed E-state index contributed by atoms with van der Waals surface area (Å²) in [7, 11) is 0. The normalized spacial score (nSPS) is 12.0. The minimum atomic E-state index is -5.32. The molecular weight excluding hydrogens is 361 g/mol. The quantitative estimate of drug-likeness (QED) is 0.544. The van der Waals surface area contributed by atoms with Gasteiger partial charge in [0.1, 0.15) is 12.6 Å². The summed E-state index contributed by atoms with van der Waals surface area (Å²) in [6.07, 6.45) is -7.57. The van der Waals surface area contributed by atoms with Gasteiger partial charge >= 0.3 is 24.2 Å². The van der Waals surface area contributed by atoms with Gasteiger partial charge in [-0.15, -0.1) is 0 Å². The fourth-order valence-corrected chi connectivity index (χ4v) is 1.67. The molecule has 0 saturated carbocycles. The van der Waals surface area contributed by atoms with Crippen LogP contribution in [-0.4, -0.2) is 36.2 Å². The summed E-state index contributed by atoms with van der Waals surface area (Å²) in [6, 6.07) is 7.17. The molecule has 2 amide bonds. The molecule has 0 spiro atoms. The zero-order chi connectivity index (χ0) is 19.7. The van der Waals surface area contributed by atoms with E-state index < -0.39 is 49.0 Å². The van der Waals surface area contributed by atoms with Crippen molar-refractivity contribution in [3.63, 3.8) is 0 Å². The number of amides is 2. The number of rotatable bonds is 7. The Balaban J connectivity index is 2.45. The second-order valence-electron chi connectivity index (χ2n) is 4.96. The van der Waals surface area contributed by atoms with Crippen molar-refractivity contribution in [2.75, 3.05) is 0 Å². The van der Waals surface area contributed by atoms with Crippen LogP contribution in [-0.2, 0) is 30.5 Å². The molecule has 1 aromatic carbocycles. The molecule has 0 radical (unpaired) electrons. The molecule has 0 aliphatic rings. The fraction of sp³-hybridized carbons (Fsp3) is 0.333. The van der Waals surface area contributed by atoms with E-state index in [0.717, 1.165) is 0 Å². The van der Waals surface area contributed by atoms with E-state index in [-0.39, 0.29) is 6.61 Å². The van der Waals surface area contributed by atoms with Gasteiger partial charge in [-0.1, -0.05) is 30.3 Å². The fourth-order valence-electron chi connectivity index (χ4n) is 1.67. The molecule has 1 unspecified atom stereocenters. The molecule has 0 fully saturated rings. The highest BCUT2D eigenvalue weighted by molar-refractivity contribution is 5.89. The van der Waals surface area contributed by atoms with E-state index in [1.807, 2.05) is 0 Å². The molecule has 8 nitrogen and oxygen atoms in total. The number of nitrogens with one attached hydrogen (secondary N) is 1. The number of primary amides is 1. The SMILES string of the molecule is NC(=O)C(CCC(=O)OC(=O)C(F)(F)F)NC(=O)OCc1ccccc1. The number of carbonyl (C=O) groups is 4. The summed E-state index contributed by atoms with van der Waals surface area (Å²) in [6.45, 7) is -0.0969. The van der Waals surface area contributed by atoms with Crippen LogP contribution < -0.4 is 11.1 Å². The van der Waals surface area contributed by atoms with Gasteiger partial charge in [0.15, 0.2) is 0 Å². The molecule has 1 aromatic rings. The molecule has 0 aliphatic carbocycles. The second kappa shape index (κ2) is 9.39. The van der Waals surface area contributed by atoms with E-state index in [2.05, 4.69) is 10.1 Å². The number of nitrogens with two attached hydrogens (primary N) is 1. The van der Waals surface area contributed by atoms with Gasteiger partial charge in [-0.25, -0.2) is 9.59 Å². The van der Waals surface area contributed by atoms with Crippen molar-refractivity contribution < 1.29 is 41.8 Å². The van der Waals surface area contributed by atoms with Crippen LogP contribution in [0.5, 0.6) is 0 Å². The Morgan fingerprint density at radius 1 is 1.12 bits per heavy atom. The van der Waals surface area contributed by atoms with Crippen LogP contribution in [0.25, 0.3) is 0 Å². The van der Waals surface area contributed by atoms with E-state index in [4.69, 9.17) is 10.5 Å². The molecule has 3 N–H and O–H groups in total. The van der Waals surface area contributed by atoms with E-state index in [1.54, 1.807) is 30.3 Å². The molecule has 0 aromatic heterocycles. The summed E-state index contributed by atoms with van der Waals surface area (Å²) in [4.78, 5) is 44.6. The van der Waals surface area contributed by atoms with Gasteiger partial charge in [0, 0.05) is 6.42 Å². The van der Waals surface area contributed by atoms with Gasteiger partial charge < -0.3 is 20.5 Å². The van der Waals surface area contributed by atoms with Crippen molar-refractivity contribution in [3.8, 4) is 0 Å². The van der Waals surface area contributed by atoms with Gasteiger partial charge in [0.2, 0.25) is 5.91 Å². The van der Waals surface area contributed by atoms with Gasteiger partial charge in [0.25, 0.3) is 0 Å². The minimum absolute atomic E-state index is 0.0969. The Hall–Kier alpha value is -3.11. The van der Waals surface area contributed by atoms with E-state index >= 15 is 0 Å². The van der Waals surface area contributed by atoms with Gasteiger partial charge in [-0.2, -0.15) is 13.2 Å². The van der Waals surface area contributed by atoms with Gasteiger partial charge in [-0.05, 0) is 12.0 Å². The number of carbonyl (C=O) groups excluding carboxylic acids is 4. The Kier molecular flexibility index (Phi) is 7.56. The molecular formula is C15H15F3N2O6. The first kappa shape index (κ1) is 20.9. The molecule has 0 heterocycles. The summed E-state index contributed by atoms with van der Waals surface area (Å²) in [5.74, 6) is -5.23. The summed E-state index contributed by atoms with van der Waals surface area (Å²) < 4.78 is 44.3. The molecule has 1 atom stereocenters. The first-order valence-corrected chi connectivity index (χ1v) is 7.18. The van der Waals surface area contributed by atoms with Crippen molar-refractivity contribution >= 4 is 23.9 Å². The molecule has 0 bridgehead atoms. The zero-order valence-electron chi connectivity index (χ0n) is 13.2. The number of benzene rings is 1. The molecule has 142 valence electrons. The highest BCUT2D eigenvalue weighted by atomic mass is 19.4.